The number of rotatable bonds is 4. The first-order chi connectivity index (χ1) is 7.81. The maximum Gasteiger partial charge on any atom is 0.209 e. The van der Waals surface area contributed by atoms with Crippen molar-refractivity contribution in [3.8, 4) is 0 Å². The fraction of sp³-hybridized carbons (Fsp3) is 0.900. The number of aromatic nitrogens is 4. The summed E-state index contributed by atoms with van der Waals surface area (Å²) in [5, 5.41) is 13.5. The van der Waals surface area contributed by atoms with Crippen molar-refractivity contribution in [3.05, 3.63) is 0 Å². The van der Waals surface area contributed by atoms with Crippen LogP contribution in [0.1, 0.15) is 39.2 Å². The second-order valence-electron chi connectivity index (χ2n) is 4.09. The smallest absolute Gasteiger partial charge is 0.209 e. The Bertz CT molecular complexity index is 324. The Balaban J connectivity index is 2.05. The Labute approximate surface area is 99.9 Å². The van der Waals surface area contributed by atoms with Gasteiger partial charge >= 0.3 is 0 Å². The van der Waals surface area contributed by atoms with E-state index in [2.05, 4.69) is 29.4 Å². The SMILES string of the molecule is CC[C@@H](C)Sc1nnnn1C1CCOCC1. The summed E-state index contributed by atoms with van der Waals surface area (Å²) in [6.45, 7) is 6.02. The molecule has 5 nitrogen and oxygen atoms in total. The molecule has 1 aliphatic rings. The van der Waals surface area contributed by atoms with Gasteiger partial charge in [0.25, 0.3) is 0 Å². The molecule has 0 amide bonds. The quantitative estimate of drug-likeness (QED) is 0.755. The van der Waals surface area contributed by atoms with Crippen molar-refractivity contribution in [1.82, 2.24) is 20.2 Å². The summed E-state index contributed by atoms with van der Waals surface area (Å²) in [7, 11) is 0. The predicted octanol–water partition coefficient (Wildman–Crippen LogP) is 1.92. The lowest BCUT2D eigenvalue weighted by Gasteiger charge is -2.22. The lowest BCUT2D eigenvalue weighted by Crippen LogP contribution is -2.21. The Kier molecular flexibility index (Phi) is 4.17. The third kappa shape index (κ3) is 2.74. The molecule has 0 unspecified atom stereocenters. The van der Waals surface area contributed by atoms with Gasteiger partial charge in [-0.15, -0.1) is 5.10 Å². The molecule has 0 N–H and O–H groups in total. The van der Waals surface area contributed by atoms with Crippen LogP contribution >= 0.6 is 11.8 Å². The van der Waals surface area contributed by atoms with Gasteiger partial charge in [-0.3, -0.25) is 0 Å². The van der Waals surface area contributed by atoms with Crippen molar-refractivity contribution in [2.75, 3.05) is 13.2 Å². The van der Waals surface area contributed by atoms with Crippen molar-refractivity contribution in [2.45, 2.75) is 49.6 Å². The second-order valence-corrected chi connectivity index (χ2v) is 5.49. The van der Waals surface area contributed by atoms with Gasteiger partial charge in [-0.05, 0) is 29.7 Å². The third-order valence-electron chi connectivity index (χ3n) is 2.88. The highest BCUT2D eigenvalue weighted by Crippen LogP contribution is 2.27. The third-order valence-corrected chi connectivity index (χ3v) is 4.10. The van der Waals surface area contributed by atoms with E-state index in [0.29, 0.717) is 11.3 Å². The van der Waals surface area contributed by atoms with Crippen molar-refractivity contribution in [1.29, 1.82) is 0 Å². The molecule has 0 bridgehead atoms. The van der Waals surface area contributed by atoms with Crippen molar-refractivity contribution >= 4 is 11.8 Å². The maximum atomic E-state index is 5.35. The van der Waals surface area contributed by atoms with Crippen LogP contribution in [0.15, 0.2) is 5.16 Å². The summed E-state index contributed by atoms with van der Waals surface area (Å²) in [5.74, 6) is 0. The Morgan fingerprint density at radius 1 is 1.50 bits per heavy atom. The first kappa shape index (κ1) is 11.9. The van der Waals surface area contributed by atoms with Crippen LogP contribution in [0, 0.1) is 0 Å². The average molecular weight is 242 g/mol. The van der Waals surface area contributed by atoms with Crippen molar-refractivity contribution in [2.24, 2.45) is 0 Å². The first-order valence-electron chi connectivity index (χ1n) is 5.83. The lowest BCUT2D eigenvalue weighted by atomic mass is 10.1. The van der Waals surface area contributed by atoms with E-state index >= 15 is 0 Å². The molecular formula is C10H18N4OS. The van der Waals surface area contributed by atoms with Gasteiger partial charge in [-0.25, -0.2) is 4.68 Å². The Morgan fingerprint density at radius 2 is 2.25 bits per heavy atom. The van der Waals surface area contributed by atoms with Crippen LogP contribution in [0.4, 0.5) is 0 Å². The van der Waals surface area contributed by atoms with Crippen molar-refractivity contribution < 1.29 is 4.74 Å². The number of nitrogens with zero attached hydrogens (tertiary/aromatic N) is 4. The molecule has 0 radical (unpaired) electrons. The summed E-state index contributed by atoms with van der Waals surface area (Å²) < 4.78 is 7.32. The van der Waals surface area contributed by atoms with Crippen LogP contribution in [-0.2, 0) is 4.74 Å². The molecule has 1 aromatic heterocycles. The molecule has 16 heavy (non-hydrogen) atoms. The second kappa shape index (κ2) is 5.63. The van der Waals surface area contributed by atoms with E-state index in [1.165, 1.54) is 0 Å². The van der Waals surface area contributed by atoms with E-state index in [-0.39, 0.29) is 0 Å². The fourth-order valence-corrected chi connectivity index (χ4v) is 2.59. The Morgan fingerprint density at radius 3 is 2.94 bits per heavy atom. The predicted molar refractivity (Wildman–Crippen MR) is 62.5 cm³/mol. The monoisotopic (exact) mass is 242 g/mol. The number of ether oxygens (including phenoxy) is 1. The normalized spacial score (nSPS) is 19.9. The fourth-order valence-electron chi connectivity index (χ4n) is 1.69. The molecule has 1 atom stereocenters. The standard InChI is InChI=1S/C10H18N4OS/c1-3-8(2)16-10-11-12-13-14(10)9-4-6-15-7-5-9/h8-9H,3-7H2,1-2H3/t8-/m1/s1. The molecule has 2 rings (SSSR count). The summed E-state index contributed by atoms with van der Waals surface area (Å²) in [6, 6.07) is 0.412. The molecule has 1 aromatic rings. The maximum absolute atomic E-state index is 5.35. The average Bonchev–Trinajstić information content (AvgIpc) is 2.78. The molecule has 0 saturated carbocycles. The van der Waals surface area contributed by atoms with E-state index in [1.54, 1.807) is 11.8 Å². The van der Waals surface area contributed by atoms with Crippen LogP contribution in [0.2, 0.25) is 0 Å². The molecule has 2 heterocycles. The zero-order valence-corrected chi connectivity index (χ0v) is 10.6. The van der Waals surface area contributed by atoms with Crippen LogP contribution in [0.5, 0.6) is 0 Å². The molecule has 0 aromatic carbocycles. The summed E-state index contributed by atoms with van der Waals surface area (Å²) in [6.07, 6.45) is 3.16. The van der Waals surface area contributed by atoms with Gasteiger partial charge in [0.15, 0.2) is 0 Å². The highest BCUT2D eigenvalue weighted by molar-refractivity contribution is 7.99. The zero-order valence-electron chi connectivity index (χ0n) is 9.80. The van der Waals surface area contributed by atoms with E-state index in [1.807, 2.05) is 4.68 Å². The number of hydrogen-bond acceptors (Lipinski definition) is 5. The highest BCUT2D eigenvalue weighted by atomic mass is 32.2. The Hall–Kier alpha value is -0.620. The number of hydrogen-bond donors (Lipinski definition) is 0. The number of tetrazole rings is 1. The van der Waals surface area contributed by atoms with Crippen LogP contribution < -0.4 is 0 Å². The van der Waals surface area contributed by atoms with Gasteiger partial charge in [-0.1, -0.05) is 25.6 Å². The molecule has 6 heteroatoms. The summed E-state index contributed by atoms with van der Waals surface area (Å²) >= 11 is 1.76. The van der Waals surface area contributed by atoms with Crippen LogP contribution in [-0.4, -0.2) is 38.7 Å². The topological polar surface area (TPSA) is 52.8 Å². The summed E-state index contributed by atoms with van der Waals surface area (Å²) in [4.78, 5) is 0. The van der Waals surface area contributed by atoms with Crippen molar-refractivity contribution in [3.63, 3.8) is 0 Å². The number of thioether (sulfide) groups is 1. The minimum Gasteiger partial charge on any atom is -0.381 e. The van der Waals surface area contributed by atoms with Gasteiger partial charge in [0.1, 0.15) is 0 Å². The van der Waals surface area contributed by atoms with Crippen LogP contribution in [0.25, 0.3) is 0 Å². The van der Waals surface area contributed by atoms with E-state index in [0.717, 1.165) is 37.6 Å². The summed E-state index contributed by atoms with van der Waals surface area (Å²) in [5.41, 5.74) is 0. The van der Waals surface area contributed by atoms with Crippen LogP contribution in [0.3, 0.4) is 0 Å². The van der Waals surface area contributed by atoms with Gasteiger partial charge in [0.05, 0.1) is 6.04 Å². The first-order valence-corrected chi connectivity index (χ1v) is 6.71. The highest BCUT2D eigenvalue weighted by Gasteiger charge is 2.21. The molecule has 1 fully saturated rings. The largest absolute Gasteiger partial charge is 0.381 e. The van der Waals surface area contributed by atoms with E-state index in [9.17, 15) is 0 Å². The van der Waals surface area contributed by atoms with Gasteiger partial charge < -0.3 is 4.74 Å². The van der Waals surface area contributed by atoms with E-state index in [4.69, 9.17) is 4.74 Å². The van der Waals surface area contributed by atoms with Gasteiger partial charge in [0.2, 0.25) is 5.16 Å². The molecule has 1 aliphatic heterocycles. The molecular weight excluding hydrogens is 224 g/mol. The molecule has 0 aliphatic carbocycles. The molecule has 1 saturated heterocycles. The minimum absolute atomic E-state index is 0.412. The van der Waals surface area contributed by atoms with Gasteiger partial charge in [0, 0.05) is 18.5 Å². The molecule has 90 valence electrons. The van der Waals surface area contributed by atoms with Gasteiger partial charge in [-0.2, -0.15) is 0 Å². The lowest BCUT2D eigenvalue weighted by molar-refractivity contribution is 0.0631. The molecule has 0 spiro atoms. The van der Waals surface area contributed by atoms with E-state index < -0.39 is 0 Å². The minimum atomic E-state index is 0.412. The zero-order chi connectivity index (χ0) is 11.4.